The fourth-order valence-corrected chi connectivity index (χ4v) is 4.20. The molecule has 6 nitrogen and oxygen atoms in total. The maximum atomic E-state index is 13.0. The van der Waals surface area contributed by atoms with Gasteiger partial charge in [-0.05, 0) is 42.3 Å². The third-order valence-electron chi connectivity index (χ3n) is 5.80. The van der Waals surface area contributed by atoms with Gasteiger partial charge in [0.15, 0.2) is 5.78 Å². The summed E-state index contributed by atoms with van der Waals surface area (Å²) in [4.78, 5) is 12.8. The topological polar surface area (TPSA) is 94.6 Å². The van der Waals surface area contributed by atoms with E-state index in [2.05, 4.69) is 6.07 Å². The van der Waals surface area contributed by atoms with E-state index in [0.29, 0.717) is 47.5 Å². The van der Waals surface area contributed by atoms with Crippen LogP contribution in [0, 0.1) is 11.3 Å². The number of hydrogen-bond donors (Lipinski definition) is 1. The Morgan fingerprint density at radius 1 is 1.21 bits per heavy atom. The minimum absolute atomic E-state index is 0.0430. The van der Waals surface area contributed by atoms with Crippen LogP contribution in [0.1, 0.15) is 41.9 Å². The summed E-state index contributed by atoms with van der Waals surface area (Å²) in [5.74, 6) is 0.0998. The fourth-order valence-electron chi connectivity index (χ4n) is 4.20. The van der Waals surface area contributed by atoms with E-state index in [1.54, 1.807) is 18.2 Å². The number of ether oxygens (including phenoxy) is 3. The van der Waals surface area contributed by atoms with E-state index >= 15 is 0 Å². The van der Waals surface area contributed by atoms with Crippen molar-refractivity contribution in [2.75, 3.05) is 7.11 Å². The van der Waals surface area contributed by atoms with Crippen LogP contribution < -0.4 is 15.2 Å². The average molecular weight is 470 g/mol. The van der Waals surface area contributed by atoms with Crippen LogP contribution in [0.2, 0.25) is 0 Å². The molecule has 0 radical (unpaired) electrons. The van der Waals surface area contributed by atoms with Crippen LogP contribution >= 0.6 is 0 Å². The molecular weight excluding hydrogens is 449 g/mol. The number of halogens is 3. The molecule has 2 N–H and O–H groups in total. The van der Waals surface area contributed by atoms with Gasteiger partial charge in [0.05, 0.1) is 18.6 Å². The van der Waals surface area contributed by atoms with E-state index in [-0.39, 0.29) is 29.6 Å². The lowest BCUT2D eigenvalue weighted by molar-refractivity contribution is -0.137. The van der Waals surface area contributed by atoms with E-state index in [1.807, 2.05) is 0 Å². The number of hydrogen-bond acceptors (Lipinski definition) is 6. The van der Waals surface area contributed by atoms with E-state index in [1.165, 1.54) is 19.2 Å². The molecule has 176 valence electrons. The maximum absolute atomic E-state index is 13.0. The number of rotatable bonds is 5. The Kier molecular flexibility index (Phi) is 6.24. The summed E-state index contributed by atoms with van der Waals surface area (Å²) in [6.07, 6.45) is -2.96. The Labute approximate surface area is 194 Å². The minimum atomic E-state index is -4.49. The largest absolute Gasteiger partial charge is 0.496 e. The van der Waals surface area contributed by atoms with Gasteiger partial charge < -0.3 is 19.9 Å². The number of allylic oxidation sites excluding steroid dienone is 3. The van der Waals surface area contributed by atoms with Gasteiger partial charge in [0.25, 0.3) is 0 Å². The number of nitrogens with two attached hydrogens (primary N) is 1. The molecule has 0 aromatic heterocycles. The first-order chi connectivity index (χ1) is 16.2. The summed E-state index contributed by atoms with van der Waals surface area (Å²) in [5, 5.41) is 9.74. The van der Waals surface area contributed by atoms with Crippen LogP contribution in [0.3, 0.4) is 0 Å². The Balaban J connectivity index is 1.70. The van der Waals surface area contributed by atoms with Crippen molar-refractivity contribution in [1.82, 2.24) is 0 Å². The van der Waals surface area contributed by atoms with Crippen LogP contribution in [0.5, 0.6) is 11.5 Å². The van der Waals surface area contributed by atoms with Gasteiger partial charge in [0.1, 0.15) is 35.5 Å². The minimum Gasteiger partial charge on any atom is -0.496 e. The Bertz CT molecular complexity index is 1240. The van der Waals surface area contributed by atoms with Crippen molar-refractivity contribution >= 4 is 5.78 Å². The molecule has 2 aromatic carbocycles. The van der Waals surface area contributed by atoms with E-state index in [4.69, 9.17) is 19.9 Å². The highest BCUT2D eigenvalue weighted by atomic mass is 19.4. The Hall–Kier alpha value is -3.93. The predicted octanol–water partition coefficient (Wildman–Crippen LogP) is 5.11. The maximum Gasteiger partial charge on any atom is 0.416 e. The molecule has 1 heterocycles. The molecule has 0 fully saturated rings. The molecule has 4 rings (SSSR count). The van der Waals surface area contributed by atoms with Gasteiger partial charge in [0, 0.05) is 24.0 Å². The number of carbonyl (C=O) groups is 1. The molecule has 0 unspecified atom stereocenters. The van der Waals surface area contributed by atoms with Crippen molar-refractivity contribution < 1.29 is 32.2 Å². The van der Waals surface area contributed by atoms with Crippen molar-refractivity contribution in [1.29, 1.82) is 5.26 Å². The summed E-state index contributed by atoms with van der Waals surface area (Å²) in [7, 11) is 1.46. The third-order valence-corrected chi connectivity index (χ3v) is 5.80. The van der Waals surface area contributed by atoms with Gasteiger partial charge in [-0.3, -0.25) is 4.79 Å². The van der Waals surface area contributed by atoms with Crippen molar-refractivity contribution in [2.24, 2.45) is 5.73 Å². The number of alkyl halides is 3. The van der Waals surface area contributed by atoms with Crippen LogP contribution in [-0.2, 0) is 22.3 Å². The number of benzene rings is 2. The van der Waals surface area contributed by atoms with Crippen LogP contribution in [0.25, 0.3) is 0 Å². The first kappa shape index (κ1) is 23.2. The van der Waals surface area contributed by atoms with Gasteiger partial charge >= 0.3 is 6.18 Å². The zero-order chi connectivity index (χ0) is 24.5. The number of carbonyl (C=O) groups excluding carboxylic acids is 1. The molecule has 0 amide bonds. The molecule has 0 saturated heterocycles. The van der Waals surface area contributed by atoms with Crippen LogP contribution in [0.4, 0.5) is 13.2 Å². The lowest BCUT2D eigenvalue weighted by Gasteiger charge is -2.31. The molecule has 0 saturated carbocycles. The van der Waals surface area contributed by atoms with E-state index in [9.17, 15) is 23.2 Å². The third kappa shape index (κ3) is 4.44. The second-order valence-electron chi connectivity index (χ2n) is 7.92. The van der Waals surface area contributed by atoms with Gasteiger partial charge in [-0.15, -0.1) is 0 Å². The van der Waals surface area contributed by atoms with E-state index in [0.717, 1.165) is 12.1 Å². The highest BCUT2D eigenvalue weighted by Gasteiger charge is 2.38. The zero-order valence-electron chi connectivity index (χ0n) is 18.2. The highest BCUT2D eigenvalue weighted by Crippen LogP contribution is 2.44. The monoisotopic (exact) mass is 470 g/mol. The molecule has 1 aliphatic heterocycles. The molecule has 1 aliphatic carbocycles. The van der Waals surface area contributed by atoms with Gasteiger partial charge in [-0.2, -0.15) is 18.4 Å². The summed E-state index contributed by atoms with van der Waals surface area (Å²) in [6.45, 7) is -0.0948. The van der Waals surface area contributed by atoms with Crippen LogP contribution in [0.15, 0.2) is 65.3 Å². The Morgan fingerprint density at radius 3 is 2.71 bits per heavy atom. The quantitative estimate of drug-likeness (QED) is 0.653. The lowest BCUT2D eigenvalue weighted by Crippen LogP contribution is -2.27. The number of nitrogens with zero attached hydrogens (tertiary/aromatic N) is 1. The van der Waals surface area contributed by atoms with Crippen molar-refractivity contribution in [3.05, 3.63) is 81.9 Å². The number of Topliss-reactive ketones (excluding diaryl/α,β-unsaturated/α-hetero) is 1. The molecule has 0 spiro atoms. The molecular formula is C25H21F3N2O4. The molecule has 2 aliphatic rings. The summed E-state index contributed by atoms with van der Waals surface area (Å²) >= 11 is 0. The molecule has 1 atom stereocenters. The SMILES string of the molecule is COc1ccc([C@@H]2C(C#N)=C(N)OC3=C2C(=O)CCC3)cc1COc1cccc(C(F)(F)F)c1. The summed E-state index contributed by atoms with van der Waals surface area (Å²) in [5.41, 5.74) is 6.85. The first-order valence-corrected chi connectivity index (χ1v) is 10.5. The molecule has 9 heteroatoms. The highest BCUT2D eigenvalue weighted by molar-refractivity contribution is 5.99. The first-order valence-electron chi connectivity index (χ1n) is 10.5. The zero-order valence-corrected chi connectivity index (χ0v) is 18.2. The summed E-state index contributed by atoms with van der Waals surface area (Å²) in [6, 6.07) is 11.7. The molecule has 34 heavy (non-hydrogen) atoms. The van der Waals surface area contributed by atoms with Gasteiger partial charge in [-0.1, -0.05) is 12.1 Å². The van der Waals surface area contributed by atoms with Crippen molar-refractivity contribution in [3.8, 4) is 17.6 Å². The normalized spacial score (nSPS) is 18.2. The average Bonchev–Trinajstić information content (AvgIpc) is 2.81. The predicted molar refractivity (Wildman–Crippen MR) is 115 cm³/mol. The second-order valence-corrected chi connectivity index (χ2v) is 7.92. The molecule has 2 aromatic rings. The van der Waals surface area contributed by atoms with Crippen molar-refractivity contribution in [3.63, 3.8) is 0 Å². The van der Waals surface area contributed by atoms with Gasteiger partial charge in [0.2, 0.25) is 5.88 Å². The fraction of sp³-hybridized carbons (Fsp3) is 0.280. The summed E-state index contributed by atoms with van der Waals surface area (Å²) < 4.78 is 55.7. The van der Waals surface area contributed by atoms with E-state index < -0.39 is 17.7 Å². The number of nitriles is 1. The second kappa shape index (κ2) is 9.14. The number of methoxy groups -OCH3 is 1. The van der Waals surface area contributed by atoms with Gasteiger partial charge in [-0.25, -0.2) is 0 Å². The molecule has 0 bridgehead atoms. The smallest absolute Gasteiger partial charge is 0.416 e. The number of ketones is 1. The standard InChI is InChI=1S/C25H21F3N2O4/c1-32-20-9-8-14(10-15(20)13-33-17-5-2-4-16(11-17)25(26,27)28)22-18(12-29)24(30)34-21-7-3-6-19(31)23(21)22/h2,4-5,8-11,22H,3,6-7,13,30H2,1H3/t22-/m1/s1. The van der Waals surface area contributed by atoms with Crippen molar-refractivity contribution in [2.45, 2.75) is 38.0 Å². The lowest BCUT2D eigenvalue weighted by atomic mass is 9.77. The Morgan fingerprint density at radius 2 is 2.00 bits per heavy atom. The van der Waals surface area contributed by atoms with Crippen LogP contribution in [-0.4, -0.2) is 12.9 Å².